The van der Waals surface area contributed by atoms with Crippen molar-refractivity contribution < 1.29 is 4.79 Å². The number of hydrogen-bond donors (Lipinski definition) is 1. The van der Waals surface area contributed by atoms with Gasteiger partial charge in [-0.15, -0.1) is 0 Å². The number of pyridine rings is 1. The maximum Gasteiger partial charge on any atom is 0.281 e. The Morgan fingerprint density at radius 3 is 2.28 bits per heavy atom. The van der Waals surface area contributed by atoms with Gasteiger partial charge in [0.1, 0.15) is 6.04 Å². The maximum absolute atomic E-state index is 13.3. The van der Waals surface area contributed by atoms with Crippen molar-refractivity contribution in [2.24, 2.45) is 0 Å². The molecule has 0 aliphatic carbocycles. The topological polar surface area (TPSA) is 81.8 Å². The van der Waals surface area contributed by atoms with Crippen molar-refractivity contribution in [3.05, 3.63) is 118 Å². The number of anilines is 1. The lowest BCUT2D eigenvalue weighted by Crippen LogP contribution is -2.25. The van der Waals surface area contributed by atoms with Crippen LogP contribution < -0.4 is 10.9 Å². The highest BCUT2D eigenvalue weighted by Crippen LogP contribution is 2.27. The van der Waals surface area contributed by atoms with Gasteiger partial charge in [0.15, 0.2) is 0 Å². The monoisotopic (exact) mass is 477 g/mol. The number of aryl methyl sites for hydroxylation is 2. The molecule has 0 unspecified atom stereocenters. The third kappa shape index (κ3) is 4.31. The molecule has 0 saturated heterocycles. The Bertz CT molecular complexity index is 1590. The molecule has 0 fully saturated rings. The number of amides is 1. The second kappa shape index (κ2) is 9.62. The highest BCUT2D eigenvalue weighted by atomic mass is 16.2. The molecule has 0 radical (unpaired) electrons. The van der Waals surface area contributed by atoms with Crippen LogP contribution in [0.15, 0.2) is 90.1 Å². The van der Waals surface area contributed by atoms with E-state index in [0.29, 0.717) is 11.1 Å². The van der Waals surface area contributed by atoms with Crippen LogP contribution in [0.4, 0.5) is 5.69 Å². The summed E-state index contributed by atoms with van der Waals surface area (Å²) >= 11 is 0. The first-order valence-corrected chi connectivity index (χ1v) is 11.9. The molecule has 3 aromatic heterocycles. The smallest absolute Gasteiger partial charge is 0.281 e. The number of para-hydroxylation sites is 1. The van der Waals surface area contributed by atoms with E-state index in [1.54, 1.807) is 18.6 Å². The molecular formula is C29H27N5O2. The predicted molar refractivity (Wildman–Crippen MR) is 142 cm³/mol. The summed E-state index contributed by atoms with van der Waals surface area (Å²) in [4.78, 5) is 30.6. The van der Waals surface area contributed by atoms with Crippen LogP contribution in [0.5, 0.6) is 0 Å². The van der Waals surface area contributed by atoms with E-state index in [-0.39, 0.29) is 11.5 Å². The molecular weight excluding hydrogens is 450 g/mol. The molecule has 2 aromatic carbocycles. The highest BCUT2D eigenvalue weighted by Gasteiger charge is 2.23. The van der Waals surface area contributed by atoms with Crippen LogP contribution in [-0.2, 0) is 11.2 Å². The van der Waals surface area contributed by atoms with E-state index in [4.69, 9.17) is 0 Å². The van der Waals surface area contributed by atoms with Gasteiger partial charge in [0.05, 0.1) is 17.3 Å². The van der Waals surface area contributed by atoms with Crippen molar-refractivity contribution >= 4 is 22.4 Å². The van der Waals surface area contributed by atoms with E-state index in [0.717, 1.165) is 34.4 Å². The molecule has 0 aliphatic rings. The fourth-order valence-electron chi connectivity index (χ4n) is 4.72. The molecule has 1 atom stereocenters. The van der Waals surface area contributed by atoms with Gasteiger partial charge in [0.25, 0.3) is 5.56 Å². The zero-order chi connectivity index (χ0) is 25.2. The van der Waals surface area contributed by atoms with Crippen molar-refractivity contribution in [1.82, 2.24) is 19.3 Å². The van der Waals surface area contributed by atoms with Gasteiger partial charge in [-0.3, -0.25) is 14.6 Å². The van der Waals surface area contributed by atoms with Crippen molar-refractivity contribution in [2.45, 2.75) is 33.2 Å². The van der Waals surface area contributed by atoms with Gasteiger partial charge in [-0.25, -0.2) is 0 Å². The fourth-order valence-corrected chi connectivity index (χ4v) is 4.72. The predicted octanol–water partition coefficient (Wildman–Crippen LogP) is 4.99. The number of aromatic nitrogens is 4. The molecule has 36 heavy (non-hydrogen) atoms. The molecule has 0 bridgehead atoms. The second-order valence-electron chi connectivity index (χ2n) is 8.92. The van der Waals surface area contributed by atoms with Crippen LogP contribution in [-0.4, -0.2) is 25.2 Å². The molecule has 3 heterocycles. The number of hydrogen-bond acceptors (Lipinski definition) is 4. The lowest BCUT2D eigenvalue weighted by Gasteiger charge is -2.18. The summed E-state index contributed by atoms with van der Waals surface area (Å²) in [5, 5.41) is 8.73. The van der Waals surface area contributed by atoms with Crippen LogP contribution in [0.1, 0.15) is 35.5 Å². The van der Waals surface area contributed by atoms with E-state index < -0.39 is 6.04 Å². The zero-order valence-electron chi connectivity index (χ0n) is 20.5. The number of carbonyl (C=O) groups excluding carboxylic acids is 1. The van der Waals surface area contributed by atoms with Crippen LogP contribution in [0.3, 0.4) is 0 Å². The average Bonchev–Trinajstić information content (AvgIpc) is 3.16. The summed E-state index contributed by atoms with van der Waals surface area (Å²) < 4.78 is 3.31. The van der Waals surface area contributed by atoms with Crippen molar-refractivity contribution in [3.8, 4) is 5.69 Å². The minimum atomic E-state index is -0.515. The van der Waals surface area contributed by atoms with Gasteiger partial charge in [0.2, 0.25) is 5.91 Å². The first-order valence-electron chi connectivity index (χ1n) is 11.9. The van der Waals surface area contributed by atoms with Crippen molar-refractivity contribution in [1.29, 1.82) is 0 Å². The number of benzene rings is 2. The molecule has 1 N–H and O–H groups in total. The van der Waals surface area contributed by atoms with Gasteiger partial charge in [-0.1, -0.05) is 30.3 Å². The molecule has 0 saturated carbocycles. The first kappa shape index (κ1) is 23.2. The van der Waals surface area contributed by atoms with Crippen LogP contribution in [0.2, 0.25) is 0 Å². The van der Waals surface area contributed by atoms with E-state index in [9.17, 15) is 9.59 Å². The number of nitrogens with one attached hydrogen (secondary N) is 1. The summed E-state index contributed by atoms with van der Waals surface area (Å²) in [6.45, 7) is 5.64. The van der Waals surface area contributed by atoms with Gasteiger partial charge >= 0.3 is 0 Å². The summed E-state index contributed by atoms with van der Waals surface area (Å²) in [5.74, 6) is -0.153. The van der Waals surface area contributed by atoms with E-state index in [1.165, 1.54) is 10.2 Å². The summed E-state index contributed by atoms with van der Waals surface area (Å²) in [6, 6.07) is 20.6. The largest absolute Gasteiger partial charge is 0.336 e. The van der Waals surface area contributed by atoms with Crippen LogP contribution >= 0.6 is 0 Å². The lowest BCUT2D eigenvalue weighted by atomic mass is 10.1. The SMILES string of the molecule is Cc1c2cnn(-c3ccccc3)c(=O)c2c(C)n1[C@@H](C)C(=O)Nc1ccc(Cc2ccncc2)cc1. The Hall–Kier alpha value is -4.52. The van der Waals surface area contributed by atoms with Crippen LogP contribution in [0.25, 0.3) is 16.5 Å². The Morgan fingerprint density at radius 1 is 0.917 bits per heavy atom. The molecule has 1 amide bonds. The van der Waals surface area contributed by atoms with Gasteiger partial charge in [-0.2, -0.15) is 9.78 Å². The molecule has 5 rings (SSSR count). The Labute approximate surface area is 209 Å². The molecule has 180 valence electrons. The molecule has 0 spiro atoms. The van der Waals surface area contributed by atoms with Gasteiger partial charge in [-0.05, 0) is 74.7 Å². The Morgan fingerprint density at radius 2 is 1.58 bits per heavy atom. The summed E-state index contributed by atoms with van der Waals surface area (Å²) in [6.07, 6.45) is 6.07. The summed E-state index contributed by atoms with van der Waals surface area (Å²) in [7, 11) is 0. The number of rotatable bonds is 6. The minimum Gasteiger partial charge on any atom is -0.336 e. The third-order valence-electron chi connectivity index (χ3n) is 6.60. The second-order valence-corrected chi connectivity index (χ2v) is 8.92. The first-order chi connectivity index (χ1) is 17.4. The van der Waals surface area contributed by atoms with Gasteiger partial charge < -0.3 is 9.88 Å². The van der Waals surface area contributed by atoms with E-state index >= 15 is 0 Å². The third-order valence-corrected chi connectivity index (χ3v) is 6.60. The molecule has 5 aromatic rings. The van der Waals surface area contributed by atoms with Gasteiger partial charge in [0, 0.05) is 34.9 Å². The lowest BCUT2D eigenvalue weighted by molar-refractivity contribution is -0.118. The maximum atomic E-state index is 13.3. The van der Waals surface area contributed by atoms with E-state index in [2.05, 4.69) is 15.4 Å². The Balaban J connectivity index is 1.39. The average molecular weight is 478 g/mol. The zero-order valence-corrected chi connectivity index (χ0v) is 20.5. The van der Waals surface area contributed by atoms with Crippen molar-refractivity contribution in [2.75, 3.05) is 5.32 Å². The number of fused-ring (bicyclic) bond motifs is 1. The quantitative estimate of drug-likeness (QED) is 0.374. The molecule has 7 nitrogen and oxygen atoms in total. The Kier molecular flexibility index (Phi) is 6.21. The van der Waals surface area contributed by atoms with Crippen molar-refractivity contribution in [3.63, 3.8) is 0 Å². The standard InChI is InChI=1S/C29H27N5O2/c1-19-26-18-31-34(25-7-5-4-6-8-25)29(36)27(26)20(2)33(19)21(3)28(35)32-24-11-9-22(10-12-24)17-23-13-15-30-16-14-23/h4-16,18,21H,17H2,1-3H3,(H,32,35)/t21-/m0/s1. The normalized spacial score (nSPS) is 12.0. The number of carbonyl (C=O) groups is 1. The fraction of sp³-hybridized carbons (Fsp3) is 0.172. The number of nitrogens with zero attached hydrogens (tertiary/aromatic N) is 4. The van der Waals surface area contributed by atoms with Crippen LogP contribution in [0, 0.1) is 13.8 Å². The van der Waals surface area contributed by atoms with E-state index in [1.807, 2.05) is 92.1 Å². The highest BCUT2D eigenvalue weighted by molar-refractivity contribution is 5.95. The minimum absolute atomic E-state index is 0.153. The summed E-state index contributed by atoms with van der Waals surface area (Å²) in [5.41, 5.74) is 5.14. The molecule has 7 heteroatoms. The molecule has 0 aliphatic heterocycles.